The van der Waals surface area contributed by atoms with Crippen molar-refractivity contribution in [1.29, 1.82) is 0 Å². The van der Waals surface area contributed by atoms with Gasteiger partial charge in [-0.25, -0.2) is 0 Å². The number of allylic oxidation sites excluding steroid dienone is 1. The van der Waals surface area contributed by atoms with Crippen LogP contribution in [0.4, 0.5) is 0 Å². The third-order valence-electron chi connectivity index (χ3n) is 4.29. The highest BCUT2D eigenvalue weighted by Gasteiger charge is 2.12. The van der Waals surface area contributed by atoms with Gasteiger partial charge in [-0.15, -0.1) is 6.58 Å². The molecule has 0 radical (unpaired) electrons. The minimum Gasteiger partial charge on any atom is -0.312 e. The van der Waals surface area contributed by atoms with E-state index in [2.05, 4.69) is 11.6 Å². The van der Waals surface area contributed by atoms with Gasteiger partial charge in [0.1, 0.15) is 0 Å². The maximum atomic E-state index is 12.6. The third kappa shape index (κ3) is 3.32. The second-order valence-corrected chi connectivity index (χ2v) is 7.44. The van der Waals surface area contributed by atoms with Crippen molar-refractivity contribution in [3.8, 4) is 0 Å². The fourth-order valence-electron chi connectivity index (χ4n) is 2.73. The summed E-state index contributed by atoms with van der Waals surface area (Å²) in [5.41, 5.74) is 4.83. The van der Waals surface area contributed by atoms with Gasteiger partial charge in [0.05, 0.1) is 10.2 Å². The van der Waals surface area contributed by atoms with Crippen molar-refractivity contribution < 1.29 is 4.79 Å². The molecule has 1 amide bonds. The number of benzene rings is 2. The molecule has 3 nitrogen and oxygen atoms in total. The Morgan fingerprint density at radius 3 is 2.68 bits per heavy atom. The summed E-state index contributed by atoms with van der Waals surface area (Å²) in [7, 11) is 0. The highest BCUT2D eigenvalue weighted by Crippen LogP contribution is 2.27. The van der Waals surface area contributed by atoms with Gasteiger partial charge in [-0.1, -0.05) is 35.1 Å². The molecular weight excluding hydrogens is 352 g/mol. The van der Waals surface area contributed by atoms with Crippen LogP contribution in [0.2, 0.25) is 5.02 Å². The van der Waals surface area contributed by atoms with Crippen LogP contribution >= 0.6 is 22.9 Å². The predicted octanol–water partition coefficient (Wildman–Crippen LogP) is 5.21. The van der Waals surface area contributed by atoms with E-state index in [1.54, 1.807) is 6.08 Å². The van der Waals surface area contributed by atoms with Gasteiger partial charge in [0.25, 0.3) is 5.91 Å². The van der Waals surface area contributed by atoms with Crippen LogP contribution in [0.1, 0.15) is 27.0 Å². The van der Waals surface area contributed by atoms with Crippen LogP contribution in [-0.2, 0) is 6.54 Å². The van der Waals surface area contributed by atoms with Crippen LogP contribution in [0.5, 0.6) is 0 Å². The Morgan fingerprint density at radius 1 is 1.24 bits per heavy atom. The van der Waals surface area contributed by atoms with Crippen molar-refractivity contribution in [3.63, 3.8) is 0 Å². The summed E-state index contributed by atoms with van der Waals surface area (Å²) in [6, 6.07) is 9.50. The normalized spacial score (nSPS) is 11.9. The maximum absolute atomic E-state index is 12.6. The second-order valence-electron chi connectivity index (χ2n) is 6.02. The zero-order valence-corrected chi connectivity index (χ0v) is 16.0. The minimum absolute atomic E-state index is 0.240. The zero-order valence-electron chi connectivity index (χ0n) is 14.5. The van der Waals surface area contributed by atoms with Crippen molar-refractivity contribution in [1.82, 2.24) is 4.57 Å². The van der Waals surface area contributed by atoms with Crippen LogP contribution in [0.3, 0.4) is 0 Å². The van der Waals surface area contributed by atoms with Gasteiger partial charge in [0.15, 0.2) is 4.80 Å². The second kappa shape index (κ2) is 6.98. The van der Waals surface area contributed by atoms with Crippen molar-refractivity contribution in [2.75, 3.05) is 0 Å². The lowest BCUT2D eigenvalue weighted by Crippen LogP contribution is -2.16. The van der Waals surface area contributed by atoms with Gasteiger partial charge >= 0.3 is 0 Å². The van der Waals surface area contributed by atoms with E-state index >= 15 is 0 Å². The van der Waals surface area contributed by atoms with E-state index in [-0.39, 0.29) is 5.91 Å². The van der Waals surface area contributed by atoms with Crippen molar-refractivity contribution in [2.45, 2.75) is 27.3 Å². The first-order valence-corrected chi connectivity index (χ1v) is 9.17. The molecule has 0 atom stereocenters. The van der Waals surface area contributed by atoms with Crippen LogP contribution in [0.15, 0.2) is 48.0 Å². The predicted molar refractivity (Wildman–Crippen MR) is 106 cm³/mol. The van der Waals surface area contributed by atoms with E-state index in [4.69, 9.17) is 11.6 Å². The van der Waals surface area contributed by atoms with E-state index in [9.17, 15) is 4.79 Å². The summed E-state index contributed by atoms with van der Waals surface area (Å²) in [6.07, 6.45) is 1.80. The Kier molecular flexibility index (Phi) is 4.93. The molecule has 5 heteroatoms. The van der Waals surface area contributed by atoms with Crippen LogP contribution < -0.4 is 4.80 Å². The Balaban J connectivity index is 2.19. The number of hydrogen-bond acceptors (Lipinski definition) is 2. The summed E-state index contributed by atoms with van der Waals surface area (Å²) in [5.74, 6) is -0.240. The van der Waals surface area contributed by atoms with Gasteiger partial charge in [-0.2, -0.15) is 4.99 Å². The molecule has 0 spiro atoms. The lowest BCUT2D eigenvalue weighted by Gasteiger charge is -2.05. The monoisotopic (exact) mass is 370 g/mol. The number of amides is 1. The van der Waals surface area contributed by atoms with Crippen LogP contribution in [0, 0.1) is 20.8 Å². The molecule has 1 aromatic heterocycles. The number of thiazole rings is 1. The topological polar surface area (TPSA) is 34.4 Å². The summed E-state index contributed by atoms with van der Waals surface area (Å²) in [5, 5.41) is 0.704. The van der Waals surface area contributed by atoms with E-state index in [0.717, 1.165) is 26.9 Å². The highest BCUT2D eigenvalue weighted by atomic mass is 35.5. The van der Waals surface area contributed by atoms with E-state index < -0.39 is 0 Å². The number of carbonyl (C=O) groups excluding carboxylic acids is 1. The molecule has 3 rings (SSSR count). The number of hydrogen-bond donors (Lipinski definition) is 0. The summed E-state index contributed by atoms with van der Waals surface area (Å²) < 4.78 is 3.04. The number of nitrogens with zero attached hydrogens (tertiary/aromatic N) is 2. The van der Waals surface area contributed by atoms with E-state index in [1.165, 1.54) is 11.3 Å². The van der Waals surface area contributed by atoms with E-state index in [0.29, 0.717) is 21.9 Å². The molecule has 0 N–H and O–H groups in total. The fourth-order valence-corrected chi connectivity index (χ4v) is 3.97. The summed E-state index contributed by atoms with van der Waals surface area (Å²) in [6.45, 7) is 10.4. The largest absolute Gasteiger partial charge is 0.312 e. The average molecular weight is 371 g/mol. The fraction of sp³-hybridized carbons (Fsp3) is 0.200. The number of aromatic nitrogens is 1. The molecule has 0 unspecified atom stereocenters. The summed E-state index contributed by atoms with van der Waals surface area (Å²) in [4.78, 5) is 17.7. The molecule has 0 saturated carbocycles. The van der Waals surface area contributed by atoms with Gasteiger partial charge in [0.2, 0.25) is 0 Å². The first kappa shape index (κ1) is 17.6. The molecule has 0 aliphatic heterocycles. The van der Waals surface area contributed by atoms with Crippen LogP contribution in [-0.4, -0.2) is 10.5 Å². The molecule has 0 aliphatic carbocycles. The van der Waals surface area contributed by atoms with E-state index in [1.807, 2.05) is 55.7 Å². The molecular formula is C20H19ClN2OS. The molecule has 0 aliphatic rings. The number of fused-ring (bicyclic) bond motifs is 1. The first-order chi connectivity index (χ1) is 11.9. The quantitative estimate of drug-likeness (QED) is 0.583. The molecule has 128 valence electrons. The number of halogens is 1. The van der Waals surface area contributed by atoms with Gasteiger partial charge in [-0.3, -0.25) is 4.79 Å². The molecule has 0 saturated heterocycles. The first-order valence-electron chi connectivity index (χ1n) is 7.98. The Bertz CT molecular complexity index is 1060. The van der Waals surface area contributed by atoms with Crippen molar-refractivity contribution in [3.05, 3.63) is 75.1 Å². The molecule has 2 aromatic carbocycles. The lowest BCUT2D eigenvalue weighted by molar-refractivity contribution is 0.0998. The maximum Gasteiger partial charge on any atom is 0.279 e. The zero-order chi connectivity index (χ0) is 18.1. The number of carbonyl (C=O) groups is 1. The van der Waals surface area contributed by atoms with Gasteiger partial charge in [-0.05, 0) is 61.7 Å². The summed E-state index contributed by atoms with van der Waals surface area (Å²) >= 11 is 7.76. The molecule has 0 bridgehead atoms. The molecule has 1 heterocycles. The average Bonchev–Trinajstić information content (AvgIpc) is 2.92. The Hall–Kier alpha value is -2.17. The van der Waals surface area contributed by atoms with Gasteiger partial charge < -0.3 is 4.57 Å². The van der Waals surface area contributed by atoms with Crippen molar-refractivity contribution >= 4 is 39.1 Å². The standard InChI is InChI=1S/C20H19ClN2OS/c1-5-10-23-18-14(4)16(21)8-9-17(18)25-20(23)22-19(24)15-7-6-12(2)13(3)11-15/h5-9,11H,1,10H2,2-4H3. The SMILES string of the molecule is C=CCn1c(=NC(=O)c2ccc(C)c(C)c2)sc2ccc(Cl)c(C)c21. The molecule has 3 aromatic rings. The minimum atomic E-state index is -0.240. The van der Waals surface area contributed by atoms with Crippen LogP contribution in [0.25, 0.3) is 10.2 Å². The van der Waals surface area contributed by atoms with Crippen molar-refractivity contribution in [2.24, 2.45) is 4.99 Å². The smallest absolute Gasteiger partial charge is 0.279 e. The number of rotatable bonds is 3. The lowest BCUT2D eigenvalue weighted by atomic mass is 10.1. The van der Waals surface area contributed by atoms with Gasteiger partial charge in [0, 0.05) is 17.1 Å². The third-order valence-corrected chi connectivity index (χ3v) is 5.75. The molecule has 25 heavy (non-hydrogen) atoms. The number of aryl methyl sites for hydroxylation is 3. The Morgan fingerprint density at radius 2 is 2.00 bits per heavy atom. The highest BCUT2D eigenvalue weighted by molar-refractivity contribution is 7.16. The molecule has 0 fully saturated rings. The Labute approximate surface area is 155 Å².